The van der Waals surface area contributed by atoms with Crippen LogP contribution < -0.4 is 5.32 Å². The van der Waals surface area contributed by atoms with E-state index in [1.54, 1.807) is 7.05 Å². The molecule has 0 amide bonds. The highest BCUT2D eigenvalue weighted by molar-refractivity contribution is 5.28. The van der Waals surface area contributed by atoms with Crippen molar-refractivity contribution in [3.05, 3.63) is 35.1 Å². The Labute approximate surface area is 122 Å². The molecule has 1 aliphatic carbocycles. The van der Waals surface area contributed by atoms with Crippen LogP contribution in [0.5, 0.6) is 0 Å². The maximum Gasteiger partial charge on any atom is 0.419 e. The van der Waals surface area contributed by atoms with Gasteiger partial charge in [0, 0.05) is 6.04 Å². The molecule has 0 heterocycles. The molecule has 0 spiro atoms. The second-order valence-corrected chi connectivity index (χ2v) is 5.81. The van der Waals surface area contributed by atoms with Crippen LogP contribution in [0.25, 0.3) is 0 Å². The molecule has 1 saturated carbocycles. The summed E-state index contributed by atoms with van der Waals surface area (Å²) in [5.74, 6) is -0.485. The number of rotatable bonds is 5. The van der Waals surface area contributed by atoms with Crippen LogP contribution in [-0.4, -0.2) is 7.05 Å². The Morgan fingerprint density at radius 3 is 2.43 bits per heavy atom. The fourth-order valence-corrected chi connectivity index (χ4v) is 3.16. The number of benzene rings is 1. The number of alkyl halides is 3. The Balaban J connectivity index is 2.05. The summed E-state index contributed by atoms with van der Waals surface area (Å²) in [4.78, 5) is 0. The molecule has 1 N–H and O–H groups in total. The molecule has 0 aliphatic heterocycles. The van der Waals surface area contributed by atoms with Gasteiger partial charge in [0.15, 0.2) is 0 Å². The minimum Gasteiger partial charge on any atom is -0.313 e. The monoisotopic (exact) mass is 303 g/mol. The summed E-state index contributed by atoms with van der Waals surface area (Å²) in [5, 5.41) is 3.08. The molecule has 1 aromatic carbocycles. The van der Waals surface area contributed by atoms with Gasteiger partial charge in [-0.25, -0.2) is 4.39 Å². The van der Waals surface area contributed by atoms with Gasteiger partial charge in [0.1, 0.15) is 5.82 Å². The molecular formula is C16H21F4N. The van der Waals surface area contributed by atoms with E-state index in [-0.39, 0.29) is 6.04 Å². The van der Waals surface area contributed by atoms with E-state index in [1.807, 2.05) is 0 Å². The van der Waals surface area contributed by atoms with Crippen LogP contribution >= 0.6 is 0 Å². The van der Waals surface area contributed by atoms with Crippen molar-refractivity contribution in [3.63, 3.8) is 0 Å². The molecule has 0 radical (unpaired) electrons. The molecule has 21 heavy (non-hydrogen) atoms. The van der Waals surface area contributed by atoms with E-state index in [1.165, 1.54) is 31.7 Å². The third kappa shape index (κ3) is 4.19. The lowest BCUT2D eigenvalue weighted by Gasteiger charge is -2.20. The smallest absolute Gasteiger partial charge is 0.313 e. The third-order valence-electron chi connectivity index (χ3n) is 4.39. The maximum absolute atomic E-state index is 13.6. The summed E-state index contributed by atoms with van der Waals surface area (Å²) in [6.45, 7) is 0. The Kier molecular flexibility index (Phi) is 5.25. The number of hydrogen-bond donors (Lipinski definition) is 1. The van der Waals surface area contributed by atoms with Gasteiger partial charge in [-0.1, -0.05) is 31.7 Å². The lowest BCUT2D eigenvalue weighted by atomic mass is 9.94. The van der Waals surface area contributed by atoms with Crippen LogP contribution in [0.15, 0.2) is 18.2 Å². The number of halogens is 4. The van der Waals surface area contributed by atoms with Crippen LogP contribution in [0, 0.1) is 11.7 Å². The molecular weight excluding hydrogens is 282 g/mol. The first-order valence-electron chi connectivity index (χ1n) is 7.45. The zero-order valence-electron chi connectivity index (χ0n) is 12.1. The standard InChI is InChI=1S/C16H21F4N/c1-21-15(9-6-11-4-2-3-5-11)12-7-8-13(14(17)10-12)16(18,19)20/h7-8,10-11,15,21H,2-6,9H2,1H3. The summed E-state index contributed by atoms with van der Waals surface area (Å²) < 4.78 is 51.3. The first kappa shape index (κ1) is 16.3. The van der Waals surface area contributed by atoms with Crippen molar-refractivity contribution >= 4 is 0 Å². The van der Waals surface area contributed by atoms with Gasteiger partial charge < -0.3 is 5.32 Å². The van der Waals surface area contributed by atoms with E-state index in [0.29, 0.717) is 11.5 Å². The maximum atomic E-state index is 13.6. The molecule has 5 heteroatoms. The zero-order valence-corrected chi connectivity index (χ0v) is 12.1. The fourth-order valence-electron chi connectivity index (χ4n) is 3.16. The molecule has 2 rings (SSSR count). The summed E-state index contributed by atoms with van der Waals surface area (Å²) in [5.41, 5.74) is -0.613. The fraction of sp³-hybridized carbons (Fsp3) is 0.625. The molecule has 1 aromatic rings. The van der Waals surface area contributed by atoms with Crippen molar-refractivity contribution in [2.45, 2.75) is 50.7 Å². The summed E-state index contributed by atoms with van der Waals surface area (Å²) in [6.07, 6.45) is 2.23. The second-order valence-electron chi connectivity index (χ2n) is 5.81. The average Bonchev–Trinajstić information content (AvgIpc) is 2.91. The Bertz CT molecular complexity index is 464. The van der Waals surface area contributed by atoms with Crippen LogP contribution in [0.4, 0.5) is 17.6 Å². The molecule has 1 unspecified atom stereocenters. The minimum absolute atomic E-state index is 0.0950. The molecule has 1 aliphatic rings. The van der Waals surface area contributed by atoms with E-state index in [9.17, 15) is 17.6 Å². The van der Waals surface area contributed by atoms with Crippen molar-refractivity contribution < 1.29 is 17.6 Å². The van der Waals surface area contributed by atoms with Crippen LogP contribution in [0.2, 0.25) is 0 Å². The molecule has 0 saturated heterocycles. The van der Waals surface area contributed by atoms with Gasteiger partial charge in [0.25, 0.3) is 0 Å². The zero-order chi connectivity index (χ0) is 15.5. The molecule has 0 bridgehead atoms. The van der Waals surface area contributed by atoms with E-state index < -0.39 is 17.6 Å². The van der Waals surface area contributed by atoms with Crippen molar-refractivity contribution in [2.24, 2.45) is 5.92 Å². The second kappa shape index (κ2) is 6.77. The first-order valence-corrected chi connectivity index (χ1v) is 7.45. The van der Waals surface area contributed by atoms with Crippen molar-refractivity contribution in [2.75, 3.05) is 7.05 Å². The Hall–Kier alpha value is -1.10. The van der Waals surface area contributed by atoms with Gasteiger partial charge in [0.2, 0.25) is 0 Å². The minimum atomic E-state index is -4.64. The first-order chi connectivity index (χ1) is 9.91. The lowest BCUT2D eigenvalue weighted by Crippen LogP contribution is -2.18. The normalized spacial score (nSPS) is 18.1. The summed E-state index contributed by atoms with van der Waals surface area (Å²) >= 11 is 0. The van der Waals surface area contributed by atoms with Crippen molar-refractivity contribution in [1.29, 1.82) is 0 Å². The van der Waals surface area contributed by atoms with Crippen LogP contribution in [-0.2, 0) is 6.18 Å². The van der Waals surface area contributed by atoms with E-state index in [0.717, 1.165) is 25.0 Å². The van der Waals surface area contributed by atoms with E-state index >= 15 is 0 Å². The topological polar surface area (TPSA) is 12.0 Å². The largest absolute Gasteiger partial charge is 0.419 e. The molecule has 118 valence electrons. The third-order valence-corrected chi connectivity index (χ3v) is 4.39. The predicted octanol–water partition coefficient (Wildman–Crippen LogP) is 5.08. The predicted molar refractivity (Wildman–Crippen MR) is 74.4 cm³/mol. The lowest BCUT2D eigenvalue weighted by molar-refractivity contribution is -0.140. The van der Waals surface area contributed by atoms with Gasteiger partial charge >= 0.3 is 6.18 Å². The highest BCUT2D eigenvalue weighted by Gasteiger charge is 2.34. The van der Waals surface area contributed by atoms with Gasteiger partial charge in [-0.2, -0.15) is 13.2 Å². The summed E-state index contributed by atoms with van der Waals surface area (Å²) in [6, 6.07) is 3.13. The van der Waals surface area contributed by atoms with Gasteiger partial charge in [-0.15, -0.1) is 0 Å². The average molecular weight is 303 g/mol. The number of hydrogen-bond acceptors (Lipinski definition) is 1. The van der Waals surface area contributed by atoms with Gasteiger partial charge in [0.05, 0.1) is 5.56 Å². The highest BCUT2D eigenvalue weighted by Crippen LogP contribution is 2.34. The van der Waals surface area contributed by atoms with E-state index in [2.05, 4.69) is 5.32 Å². The molecule has 1 fully saturated rings. The number of nitrogens with one attached hydrogen (secondary N) is 1. The van der Waals surface area contributed by atoms with E-state index in [4.69, 9.17) is 0 Å². The SMILES string of the molecule is CNC(CCC1CCCC1)c1ccc(C(F)(F)F)c(F)c1. The molecule has 1 nitrogen and oxygen atoms in total. The van der Waals surface area contributed by atoms with Crippen molar-refractivity contribution in [3.8, 4) is 0 Å². The summed E-state index contributed by atoms with van der Waals surface area (Å²) in [7, 11) is 1.76. The van der Waals surface area contributed by atoms with Crippen LogP contribution in [0.1, 0.15) is 55.7 Å². The molecule has 1 atom stereocenters. The quantitative estimate of drug-likeness (QED) is 0.748. The van der Waals surface area contributed by atoms with Crippen molar-refractivity contribution in [1.82, 2.24) is 5.32 Å². The highest BCUT2D eigenvalue weighted by atomic mass is 19.4. The van der Waals surface area contributed by atoms with Gasteiger partial charge in [-0.05, 0) is 43.5 Å². The van der Waals surface area contributed by atoms with Crippen LogP contribution in [0.3, 0.4) is 0 Å². The Morgan fingerprint density at radius 1 is 1.24 bits per heavy atom. The van der Waals surface area contributed by atoms with Gasteiger partial charge in [-0.3, -0.25) is 0 Å². The molecule has 0 aromatic heterocycles. The Morgan fingerprint density at radius 2 is 1.90 bits per heavy atom.